The van der Waals surface area contributed by atoms with Gasteiger partial charge in [-0.05, 0) is 69.6 Å². The number of piperazine rings is 1. The lowest BCUT2D eigenvalue weighted by Crippen LogP contribution is -2.44. The Morgan fingerprint density at radius 1 is 0.923 bits per heavy atom. The van der Waals surface area contributed by atoms with Crippen LogP contribution in [0.5, 0.6) is 17.4 Å². The van der Waals surface area contributed by atoms with E-state index < -0.39 is 4.92 Å². The quantitative estimate of drug-likeness (QED) is 0.294. The van der Waals surface area contributed by atoms with Crippen molar-refractivity contribution in [2.45, 2.75) is 26.2 Å². The van der Waals surface area contributed by atoms with Crippen LogP contribution in [0, 0.1) is 17.0 Å². The Balaban J connectivity index is 1.43. The first kappa shape index (κ1) is 26.6. The number of nitro benzene ring substituents is 1. The zero-order valence-corrected chi connectivity index (χ0v) is 22.9. The average molecular weight is 533 g/mol. The molecule has 3 heterocycles. The summed E-state index contributed by atoms with van der Waals surface area (Å²) in [6, 6.07) is 15.0. The van der Waals surface area contributed by atoms with Gasteiger partial charge in [0.15, 0.2) is 0 Å². The van der Waals surface area contributed by atoms with E-state index in [0.717, 1.165) is 74.9 Å². The minimum atomic E-state index is -0.392. The smallest absolute Gasteiger partial charge is 0.276 e. The van der Waals surface area contributed by atoms with Gasteiger partial charge in [0.1, 0.15) is 23.0 Å². The number of benzene rings is 2. The summed E-state index contributed by atoms with van der Waals surface area (Å²) < 4.78 is 11.9. The zero-order chi connectivity index (χ0) is 27.4. The number of methoxy groups -OCH3 is 1. The fourth-order valence-corrected chi connectivity index (χ4v) is 5.10. The molecule has 0 amide bonds. The molecule has 0 unspecified atom stereocenters. The summed E-state index contributed by atoms with van der Waals surface area (Å²) in [6.07, 6.45) is 3.41. The summed E-state index contributed by atoms with van der Waals surface area (Å²) in [7, 11) is 3.81. The van der Waals surface area contributed by atoms with Gasteiger partial charge in [-0.25, -0.2) is 0 Å². The summed E-state index contributed by atoms with van der Waals surface area (Å²) >= 11 is 0. The van der Waals surface area contributed by atoms with Gasteiger partial charge >= 0.3 is 0 Å². The molecular formula is C29H36N6O4. The Hall–Kier alpha value is -4.05. The van der Waals surface area contributed by atoms with Crippen molar-refractivity contribution < 1.29 is 14.4 Å². The van der Waals surface area contributed by atoms with Crippen LogP contribution in [-0.4, -0.2) is 68.2 Å². The fraction of sp³-hybridized carbons (Fsp3) is 0.414. The van der Waals surface area contributed by atoms with Crippen molar-refractivity contribution in [3.05, 3.63) is 64.2 Å². The van der Waals surface area contributed by atoms with E-state index in [-0.39, 0.29) is 5.69 Å². The number of piperidine rings is 1. The maximum atomic E-state index is 11.5. The largest absolute Gasteiger partial charge is 0.494 e. The molecule has 1 N–H and O–H groups in total. The van der Waals surface area contributed by atoms with Crippen molar-refractivity contribution in [3.8, 4) is 17.4 Å². The molecule has 206 valence electrons. The Morgan fingerprint density at radius 2 is 1.69 bits per heavy atom. The van der Waals surface area contributed by atoms with Crippen LogP contribution in [0.15, 0.2) is 48.5 Å². The van der Waals surface area contributed by atoms with Crippen LogP contribution in [0.4, 0.5) is 28.6 Å². The number of nitro groups is 1. The number of ether oxygens (including phenoxy) is 2. The molecule has 0 aliphatic carbocycles. The molecule has 0 saturated carbocycles. The predicted molar refractivity (Wildman–Crippen MR) is 154 cm³/mol. The van der Waals surface area contributed by atoms with Crippen molar-refractivity contribution in [2.24, 2.45) is 0 Å². The van der Waals surface area contributed by atoms with E-state index in [1.165, 1.54) is 12.5 Å². The molecule has 10 nitrogen and oxygen atoms in total. The molecule has 2 saturated heterocycles. The van der Waals surface area contributed by atoms with E-state index in [2.05, 4.69) is 39.2 Å². The normalized spacial score (nSPS) is 16.2. The molecule has 0 atom stereocenters. The molecule has 2 aliphatic rings. The van der Waals surface area contributed by atoms with Crippen LogP contribution in [0.2, 0.25) is 0 Å². The molecule has 2 fully saturated rings. The van der Waals surface area contributed by atoms with Crippen LogP contribution in [0.1, 0.15) is 24.8 Å². The second-order valence-corrected chi connectivity index (χ2v) is 10.2. The van der Waals surface area contributed by atoms with Gasteiger partial charge in [0.2, 0.25) is 5.88 Å². The van der Waals surface area contributed by atoms with E-state index in [9.17, 15) is 10.1 Å². The SMILES string of the molecule is COc1cc(N2CCN(C)CC2)ccc1Nc1ccc(N2CCCCC2)c(Oc2ccc(C)c([N+](=O)[O-])c2)n1. The van der Waals surface area contributed by atoms with Gasteiger partial charge in [0, 0.05) is 56.6 Å². The number of nitrogens with zero attached hydrogens (tertiary/aromatic N) is 5. The fourth-order valence-electron chi connectivity index (χ4n) is 5.10. The second-order valence-electron chi connectivity index (χ2n) is 10.2. The number of rotatable bonds is 8. The molecule has 10 heteroatoms. The van der Waals surface area contributed by atoms with E-state index in [1.54, 1.807) is 26.2 Å². The number of likely N-dealkylation sites (N-methyl/N-ethyl adjacent to an activating group) is 1. The number of hydrogen-bond acceptors (Lipinski definition) is 9. The summed E-state index contributed by atoms with van der Waals surface area (Å²) in [5, 5.41) is 14.9. The number of pyridine rings is 1. The van der Waals surface area contributed by atoms with Gasteiger partial charge in [-0.15, -0.1) is 0 Å². The second kappa shape index (κ2) is 11.8. The standard InChI is InChI=1S/C29H36N6O4/c1-21-7-9-23(20-26(21)35(36)37)39-29-25(34-13-5-4-6-14-34)11-12-28(31-29)30-24-10-8-22(19-27(24)38-3)33-17-15-32(2)16-18-33/h7-12,19-20H,4-6,13-18H2,1-3H3,(H,30,31). The zero-order valence-electron chi connectivity index (χ0n) is 22.9. The Morgan fingerprint density at radius 3 is 2.41 bits per heavy atom. The average Bonchev–Trinajstić information content (AvgIpc) is 2.95. The predicted octanol–water partition coefficient (Wildman–Crippen LogP) is 5.58. The first-order valence-corrected chi connectivity index (χ1v) is 13.5. The summed E-state index contributed by atoms with van der Waals surface area (Å²) in [5.41, 5.74) is 3.40. The lowest BCUT2D eigenvalue weighted by molar-refractivity contribution is -0.385. The third kappa shape index (κ3) is 6.17. The molecule has 5 rings (SSSR count). The molecule has 1 aromatic heterocycles. The van der Waals surface area contributed by atoms with E-state index in [0.29, 0.717) is 23.0 Å². The van der Waals surface area contributed by atoms with Gasteiger partial charge in [-0.1, -0.05) is 0 Å². The summed E-state index contributed by atoms with van der Waals surface area (Å²) in [5.74, 6) is 2.11. The number of aromatic nitrogens is 1. The van der Waals surface area contributed by atoms with Gasteiger partial charge in [0.05, 0.1) is 23.8 Å². The molecule has 0 spiro atoms. The van der Waals surface area contributed by atoms with E-state index in [1.807, 2.05) is 18.2 Å². The Bertz CT molecular complexity index is 1320. The van der Waals surface area contributed by atoms with Gasteiger partial charge in [0.25, 0.3) is 5.69 Å². The molecule has 0 radical (unpaired) electrons. The number of hydrogen-bond donors (Lipinski definition) is 1. The number of anilines is 4. The van der Waals surface area contributed by atoms with Crippen LogP contribution >= 0.6 is 0 Å². The van der Waals surface area contributed by atoms with Gasteiger partial charge in [-0.2, -0.15) is 4.98 Å². The first-order chi connectivity index (χ1) is 18.9. The van der Waals surface area contributed by atoms with Crippen molar-refractivity contribution >= 4 is 28.6 Å². The molecule has 2 aliphatic heterocycles. The van der Waals surface area contributed by atoms with Crippen molar-refractivity contribution in [2.75, 3.05) is 68.5 Å². The topological polar surface area (TPSA) is 96.2 Å². The van der Waals surface area contributed by atoms with E-state index >= 15 is 0 Å². The maximum absolute atomic E-state index is 11.5. The lowest BCUT2D eigenvalue weighted by Gasteiger charge is -2.34. The lowest BCUT2D eigenvalue weighted by atomic mass is 10.1. The van der Waals surface area contributed by atoms with Crippen LogP contribution in [-0.2, 0) is 0 Å². The molecule has 0 bridgehead atoms. The van der Waals surface area contributed by atoms with Crippen molar-refractivity contribution in [3.63, 3.8) is 0 Å². The molecule has 3 aromatic rings. The molecule has 39 heavy (non-hydrogen) atoms. The Labute approximate surface area is 229 Å². The molecule has 2 aromatic carbocycles. The third-order valence-electron chi connectivity index (χ3n) is 7.45. The minimum Gasteiger partial charge on any atom is -0.494 e. The van der Waals surface area contributed by atoms with Gasteiger partial charge in [-0.3, -0.25) is 10.1 Å². The summed E-state index contributed by atoms with van der Waals surface area (Å²) in [6.45, 7) is 7.56. The van der Waals surface area contributed by atoms with Crippen LogP contribution in [0.3, 0.4) is 0 Å². The van der Waals surface area contributed by atoms with Crippen molar-refractivity contribution in [1.82, 2.24) is 9.88 Å². The summed E-state index contributed by atoms with van der Waals surface area (Å²) in [4.78, 5) is 22.9. The number of aryl methyl sites for hydroxylation is 1. The third-order valence-corrected chi connectivity index (χ3v) is 7.45. The minimum absolute atomic E-state index is 0.0199. The molecular weight excluding hydrogens is 496 g/mol. The van der Waals surface area contributed by atoms with E-state index in [4.69, 9.17) is 14.5 Å². The first-order valence-electron chi connectivity index (χ1n) is 13.5. The highest BCUT2D eigenvalue weighted by molar-refractivity contribution is 5.71. The monoisotopic (exact) mass is 532 g/mol. The van der Waals surface area contributed by atoms with Gasteiger partial charge < -0.3 is 29.5 Å². The maximum Gasteiger partial charge on any atom is 0.276 e. The van der Waals surface area contributed by atoms with Crippen LogP contribution in [0.25, 0.3) is 0 Å². The number of nitrogens with one attached hydrogen (secondary N) is 1. The highest BCUT2D eigenvalue weighted by atomic mass is 16.6. The van der Waals surface area contributed by atoms with Crippen LogP contribution < -0.4 is 24.6 Å². The van der Waals surface area contributed by atoms with Crippen molar-refractivity contribution in [1.29, 1.82) is 0 Å². The highest BCUT2D eigenvalue weighted by Crippen LogP contribution is 2.37. The Kier molecular flexibility index (Phi) is 8.02. The highest BCUT2D eigenvalue weighted by Gasteiger charge is 2.21.